The van der Waals surface area contributed by atoms with Crippen LogP contribution in [0.2, 0.25) is 0 Å². The third-order valence-corrected chi connectivity index (χ3v) is 2.73. The van der Waals surface area contributed by atoms with Crippen LogP contribution in [-0.2, 0) is 24.4 Å². The maximum atomic E-state index is 10.7. The van der Waals surface area contributed by atoms with Crippen molar-refractivity contribution in [3.05, 3.63) is 53.5 Å². The van der Waals surface area contributed by atoms with Gasteiger partial charge in [0.05, 0.1) is 12.0 Å². The van der Waals surface area contributed by atoms with Gasteiger partial charge in [-0.3, -0.25) is 4.55 Å². The molecule has 128 valence electrons. The number of hydrogen-bond acceptors (Lipinski definition) is 5. The smallest absolute Gasteiger partial charge is 0.333 e. The van der Waals surface area contributed by atoms with Crippen LogP contribution < -0.4 is 0 Å². The fourth-order valence-electron chi connectivity index (χ4n) is 1.19. The standard InChI is InChI=1S/C8H8O3S.C8H14O3/c9-12(10,11)7-6-8-4-2-1-3-5-8;1-4-10-5-6-11-8(9)7(2)3/h1-7H,(H,9,10,11);2,4-6H2,1,3H3. The molecule has 0 saturated heterocycles. The van der Waals surface area contributed by atoms with Crippen molar-refractivity contribution in [2.24, 2.45) is 0 Å². The largest absolute Gasteiger partial charge is 0.460 e. The molecule has 0 aromatic heterocycles. The van der Waals surface area contributed by atoms with Crippen LogP contribution in [0.25, 0.3) is 6.08 Å². The molecule has 0 bridgehead atoms. The second-order valence-electron chi connectivity index (χ2n) is 4.34. The van der Waals surface area contributed by atoms with Gasteiger partial charge in [-0.1, -0.05) is 36.9 Å². The molecule has 0 aliphatic carbocycles. The molecule has 0 unspecified atom stereocenters. The van der Waals surface area contributed by atoms with E-state index in [1.54, 1.807) is 31.2 Å². The number of esters is 1. The molecule has 0 aliphatic rings. The van der Waals surface area contributed by atoms with E-state index in [9.17, 15) is 13.2 Å². The molecule has 1 rings (SSSR count). The summed E-state index contributed by atoms with van der Waals surface area (Å²) in [5.41, 5.74) is 1.15. The molecule has 0 aliphatic heterocycles. The molecule has 1 N–H and O–H groups in total. The Bertz CT molecular complexity index is 605. The zero-order chi connectivity index (χ0) is 17.7. The Hall–Kier alpha value is -1.96. The number of hydrogen-bond donors (Lipinski definition) is 1. The number of rotatable bonds is 7. The van der Waals surface area contributed by atoms with Crippen LogP contribution in [0.4, 0.5) is 0 Å². The minimum Gasteiger partial charge on any atom is -0.460 e. The topological polar surface area (TPSA) is 89.9 Å². The first-order chi connectivity index (χ1) is 10.8. The first-order valence-corrected chi connectivity index (χ1v) is 8.37. The summed E-state index contributed by atoms with van der Waals surface area (Å²) in [5.74, 6) is -0.357. The van der Waals surface area contributed by atoms with Crippen LogP contribution in [0.1, 0.15) is 19.4 Å². The molecular formula is C16H22O6S. The second-order valence-corrected chi connectivity index (χ2v) is 5.64. The van der Waals surface area contributed by atoms with E-state index in [-0.39, 0.29) is 5.97 Å². The van der Waals surface area contributed by atoms with Gasteiger partial charge in [-0.2, -0.15) is 8.42 Å². The molecule has 0 saturated carbocycles. The first-order valence-electron chi connectivity index (χ1n) is 6.87. The summed E-state index contributed by atoms with van der Waals surface area (Å²) < 4.78 is 38.6. The second kappa shape index (κ2) is 11.6. The van der Waals surface area contributed by atoms with E-state index in [1.807, 2.05) is 13.0 Å². The molecule has 0 heterocycles. The monoisotopic (exact) mass is 342 g/mol. The Morgan fingerprint density at radius 2 is 1.87 bits per heavy atom. The average Bonchev–Trinajstić information content (AvgIpc) is 2.50. The molecule has 1 aromatic rings. The van der Waals surface area contributed by atoms with Crippen molar-refractivity contribution in [3.8, 4) is 0 Å². The van der Waals surface area contributed by atoms with Gasteiger partial charge in [0.25, 0.3) is 10.1 Å². The molecule has 0 spiro atoms. The molecule has 6 nitrogen and oxygen atoms in total. The van der Waals surface area contributed by atoms with Crippen molar-refractivity contribution in [1.29, 1.82) is 0 Å². The summed E-state index contributed by atoms with van der Waals surface area (Å²) in [7, 11) is -4.00. The van der Waals surface area contributed by atoms with Crippen molar-refractivity contribution in [1.82, 2.24) is 0 Å². The van der Waals surface area contributed by atoms with Crippen LogP contribution in [0.3, 0.4) is 0 Å². The van der Waals surface area contributed by atoms with Crippen molar-refractivity contribution < 1.29 is 27.2 Å². The van der Waals surface area contributed by atoms with Crippen LogP contribution in [0.5, 0.6) is 0 Å². The predicted molar refractivity (Wildman–Crippen MR) is 89.3 cm³/mol. The Morgan fingerprint density at radius 3 is 2.35 bits per heavy atom. The Balaban J connectivity index is 0.000000423. The minimum absolute atomic E-state index is 0.305. The fourth-order valence-corrected chi connectivity index (χ4v) is 1.52. The molecule has 0 radical (unpaired) electrons. The van der Waals surface area contributed by atoms with Gasteiger partial charge in [-0.25, -0.2) is 4.79 Å². The van der Waals surface area contributed by atoms with Gasteiger partial charge in [0, 0.05) is 12.2 Å². The van der Waals surface area contributed by atoms with Gasteiger partial charge in [0.2, 0.25) is 0 Å². The molecule has 23 heavy (non-hydrogen) atoms. The normalized spacial score (nSPS) is 10.7. The van der Waals surface area contributed by atoms with Crippen LogP contribution >= 0.6 is 0 Å². The van der Waals surface area contributed by atoms with Gasteiger partial charge < -0.3 is 9.47 Å². The number of carbonyl (C=O) groups excluding carboxylic acids is 1. The summed E-state index contributed by atoms with van der Waals surface area (Å²) in [5, 5.41) is 0.752. The van der Waals surface area contributed by atoms with E-state index in [4.69, 9.17) is 14.0 Å². The predicted octanol–water partition coefficient (Wildman–Crippen LogP) is 2.69. The van der Waals surface area contributed by atoms with Crippen LogP contribution in [-0.4, -0.2) is 38.8 Å². The van der Waals surface area contributed by atoms with E-state index in [0.717, 1.165) is 11.0 Å². The highest BCUT2D eigenvalue weighted by Crippen LogP contribution is 2.01. The summed E-state index contributed by atoms with van der Waals surface area (Å²) in [6, 6.07) is 8.86. The summed E-state index contributed by atoms with van der Waals surface area (Å²) >= 11 is 0. The van der Waals surface area contributed by atoms with E-state index in [2.05, 4.69) is 6.58 Å². The Kier molecular flexibility index (Phi) is 10.6. The quantitative estimate of drug-likeness (QED) is 0.355. The van der Waals surface area contributed by atoms with Gasteiger partial charge in [-0.05, 0) is 25.5 Å². The third-order valence-electron chi connectivity index (χ3n) is 2.25. The van der Waals surface area contributed by atoms with Crippen molar-refractivity contribution in [2.75, 3.05) is 19.8 Å². The summed E-state index contributed by atoms with van der Waals surface area (Å²) in [6.07, 6.45) is 1.33. The lowest BCUT2D eigenvalue weighted by molar-refractivity contribution is -0.140. The maximum Gasteiger partial charge on any atom is 0.333 e. The molecule has 1 aromatic carbocycles. The van der Waals surface area contributed by atoms with Gasteiger partial charge in [0.15, 0.2) is 0 Å². The van der Waals surface area contributed by atoms with Crippen LogP contribution in [0.15, 0.2) is 47.9 Å². The van der Waals surface area contributed by atoms with E-state index >= 15 is 0 Å². The SMILES string of the molecule is C=C(C)C(=O)OCCOCC.O=S(=O)(O)C=Cc1ccccc1. The van der Waals surface area contributed by atoms with E-state index in [0.29, 0.717) is 25.4 Å². The molecule has 0 atom stereocenters. The maximum absolute atomic E-state index is 10.7. The molecule has 7 heteroatoms. The Labute approximate surface area is 137 Å². The lowest BCUT2D eigenvalue weighted by atomic mass is 10.2. The zero-order valence-electron chi connectivity index (χ0n) is 13.3. The van der Waals surface area contributed by atoms with E-state index in [1.165, 1.54) is 6.08 Å². The van der Waals surface area contributed by atoms with Gasteiger partial charge in [-0.15, -0.1) is 0 Å². The number of benzene rings is 1. The van der Waals surface area contributed by atoms with Crippen molar-refractivity contribution >= 4 is 22.2 Å². The number of ether oxygens (including phenoxy) is 2. The first kappa shape index (κ1) is 21.0. The lowest BCUT2D eigenvalue weighted by Crippen LogP contribution is -2.10. The Morgan fingerprint density at radius 1 is 1.26 bits per heavy atom. The third kappa shape index (κ3) is 13.4. The fraction of sp³-hybridized carbons (Fsp3) is 0.312. The highest BCUT2D eigenvalue weighted by Gasteiger charge is 2.00. The highest BCUT2D eigenvalue weighted by molar-refractivity contribution is 7.88. The molecular weight excluding hydrogens is 320 g/mol. The van der Waals surface area contributed by atoms with Crippen LogP contribution in [0, 0.1) is 0 Å². The highest BCUT2D eigenvalue weighted by atomic mass is 32.2. The van der Waals surface area contributed by atoms with Gasteiger partial charge in [0.1, 0.15) is 6.61 Å². The zero-order valence-corrected chi connectivity index (χ0v) is 14.1. The van der Waals surface area contributed by atoms with Crippen molar-refractivity contribution in [2.45, 2.75) is 13.8 Å². The van der Waals surface area contributed by atoms with E-state index < -0.39 is 10.1 Å². The van der Waals surface area contributed by atoms with Gasteiger partial charge >= 0.3 is 5.97 Å². The molecule has 0 amide bonds. The number of carbonyl (C=O) groups is 1. The summed E-state index contributed by atoms with van der Waals surface area (Å²) in [4.78, 5) is 10.7. The average molecular weight is 342 g/mol. The van der Waals surface area contributed by atoms with Crippen molar-refractivity contribution in [3.63, 3.8) is 0 Å². The lowest BCUT2D eigenvalue weighted by Gasteiger charge is -2.03. The minimum atomic E-state index is -4.00. The summed E-state index contributed by atoms with van der Waals surface area (Å²) in [6.45, 7) is 8.34. The molecule has 0 fully saturated rings.